The van der Waals surface area contributed by atoms with E-state index in [0.29, 0.717) is 5.69 Å². The Labute approximate surface area is 146 Å². The standard InChI is InChI=1S/C17H14F3N3O3/c1-10(24)21-12-5-7-13(8-6-12)22-15(25)16(26)23-14-4-2-3-11(9-14)17(18,19)20/h2-9H,1H3,(H,21,24)(H,22,25)(H,23,26). The van der Waals surface area contributed by atoms with E-state index in [0.717, 1.165) is 18.2 Å². The van der Waals surface area contributed by atoms with Crippen LogP contribution < -0.4 is 16.0 Å². The first-order valence-electron chi connectivity index (χ1n) is 7.32. The number of hydrogen-bond acceptors (Lipinski definition) is 3. The van der Waals surface area contributed by atoms with E-state index in [2.05, 4.69) is 16.0 Å². The fourth-order valence-corrected chi connectivity index (χ4v) is 1.99. The van der Waals surface area contributed by atoms with Crippen molar-refractivity contribution in [3.63, 3.8) is 0 Å². The zero-order chi connectivity index (χ0) is 19.3. The van der Waals surface area contributed by atoms with Crippen LogP contribution in [0.25, 0.3) is 0 Å². The van der Waals surface area contributed by atoms with Crippen LogP contribution >= 0.6 is 0 Å². The molecule has 0 fully saturated rings. The summed E-state index contributed by atoms with van der Waals surface area (Å²) in [6.45, 7) is 1.34. The van der Waals surface area contributed by atoms with E-state index in [1.807, 2.05) is 0 Å². The van der Waals surface area contributed by atoms with Gasteiger partial charge < -0.3 is 16.0 Å². The molecule has 0 aliphatic carbocycles. The van der Waals surface area contributed by atoms with Crippen molar-refractivity contribution < 1.29 is 27.6 Å². The molecule has 3 N–H and O–H groups in total. The smallest absolute Gasteiger partial charge is 0.326 e. The van der Waals surface area contributed by atoms with Crippen molar-refractivity contribution in [1.82, 2.24) is 0 Å². The van der Waals surface area contributed by atoms with E-state index in [1.54, 1.807) is 0 Å². The first-order chi connectivity index (χ1) is 12.1. The van der Waals surface area contributed by atoms with Crippen LogP contribution in [0.4, 0.5) is 30.2 Å². The summed E-state index contributed by atoms with van der Waals surface area (Å²) in [5, 5.41) is 6.94. The van der Waals surface area contributed by atoms with Crippen LogP contribution in [0.3, 0.4) is 0 Å². The lowest BCUT2D eigenvalue weighted by molar-refractivity contribution is -0.137. The highest BCUT2D eigenvalue weighted by molar-refractivity contribution is 6.43. The number of nitrogens with one attached hydrogen (secondary N) is 3. The zero-order valence-corrected chi connectivity index (χ0v) is 13.5. The summed E-state index contributed by atoms with van der Waals surface area (Å²) in [6, 6.07) is 9.89. The van der Waals surface area contributed by atoms with E-state index in [9.17, 15) is 27.6 Å². The van der Waals surface area contributed by atoms with Gasteiger partial charge in [-0.25, -0.2) is 0 Å². The summed E-state index contributed by atoms with van der Waals surface area (Å²) in [6.07, 6.45) is -4.56. The number of amides is 3. The highest BCUT2D eigenvalue weighted by Gasteiger charge is 2.30. The molecule has 2 rings (SSSR count). The number of anilines is 3. The average molecular weight is 365 g/mol. The van der Waals surface area contributed by atoms with Gasteiger partial charge in [-0.3, -0.25) is 14.4 Å². The Morgan fingerprint density at radius 1 is 0.769 bits per heavy atom. The quantitative estimate of drug-likeness (QED) is 0.730. The highest BCUT2D eigenvalue weighted by Crippen LogP contribution is 2.30. The molecular weight excluding hydrogens is 351 g/mol. The summed E-state index contributed by atoms with van der Waals surface area (Å²) >= 11 is 0. The van der Waals surface area contributed by atoms with Crippen LogP contribution in [-0.4, -0.2) is 17.7 Å². The molecule has 0 heterocycles. The average Bonchev–Trinajstić information content (AvgIpc) is 2.55. The van der Waals surface area contributed by atoms with E-state index >= 15 is 0 Å². The summed E-state index contributed by atoms with van der Waals surface area (Å²) in [5.74, 6) is -2.42. The number of rotatable bonds is 3. The van der Waals surface area contributed by atoms with Crippen molar-refractivity contribution in [3.8, 4) is 0 Å². The van der Waals surface area contributed by atoms with Crippen LogP contribution in [0.1, 0.15) is 12.5 Å². The minimum atomic E-state index is -4.56. The predicted octanol–water partition coefficient (Wildman–Crippen LogP) is 3.24. The van der Waals surface area contributed by atoms with Crippen molar-refractivity contribution in [2.45, 2.75) is 13.1 Å². The van der Waals surface area contributed by atoms with Crippen LogP contribution in [0, 0.1) is 0 Å². The van der Waals surface area contributed by atoms with Gasteiger partial charge in [0.15, 0.2) is 0 Å². The van der Waals surface area contributed by atoms with Gasteiger partial charge in [0.2, 0.25) is 5.91 Å². The van der Waals surface area contributed by atoms with Crippen molar-refractivity contribution >= 4 is 34.8 Å². The molecule has 0 saturated heterocycles. The summed E-state index contributed by atoms with van der Waals surface area (Å²) < 4.78 is 37.9. The van der Waals surface area contributed by atoms with Crippen LogP contribution in [0.5, 0.6) is 0 Å². The third-order valence-electron chi connectivity index (χ3n) is 3.12. The van der Waals surface area contributed by atoms with Gasteiger partial charge >= 0.3 is 18.0 Å². The van der Waals surface area contributed by atoms with Crippen molar-refractivity contribution in [3.05, 3.63) is 54.1 Å². The number of benzene rings is 2. The number of hydrogen-bond donors (Lipinski definition) is 3. The minimum Gasteiger partial charge on any atom is -0.326 e. The van der Waals surface area contributed by atoms with Crippen molar-refractivity contribution in [1.29, 1.82) is 0 Å². The molecule has 0 saturated carbocycles. The number of alkyl halides is 3. The topological polar surface area (TPSA) is 87.3 Å². The van der Waals surface area contributed by atoms with E-state index in [-0.39, 0.29) is 17.3 Å². The second-order valence-electron chi connectivity index (χ2n) is 5.25. The lowest BCUT2D eigenvalue weighted by atomic mass is 10.2. The lowest BCUT2D eigenvalue weighted by Gasteiger charge is -2.10. The number of carbonyl (C=O) groups excluding carboxylic acids is 3. The van der Waals surface area contributed by atoms with Gasteiger partial charge in [0.25, 0.3) is 0 Å². The summed E-state index contributed by atoms with van der Waals surface area (Å²) in [5.41, 5.74) is -0.308. The molecule has 0 atom stereocenters. The Bertz CT molecular complexity index is 833. The van der Waals surface area contributed by atoms with E-state index in [4.69, 9.17) is 0 Å². The molecule has 6 nitrogen and oxygen atoms in total. The van der Waals surface area contributed by atoms with Gasteiger partial charge in [0.1, 0.15) is 0 Å². The van der Waals surface area contributed by atoms with Crippen molar-refractivity contribution in [2.75, 3.05) is 16.0 Å². The third-order valence-corrected chi connectivity index (χ3v) is 3.12. The molecule has 0 unspecified atom stereocenters. The molecule has 3 amide bonds. The molecule has 2 aromatic rings. The second kappa shape index (κ2) is 7.68. The molecule has 0 spiro atoms. The SMILES string of the molecule is CC(=O)Nc1ccc(NC(=O)C(=O)Nc2cccc(C(F)(F)F)c2)cc1. The Morgan fingerprint density at radius 3 is 1.77 bits per heavy atom. The molecule has 0 bridgehead atoms. The number of halogens is 3. The third kappa shape index (κ3) is 5.33. The van der Waals surface area contributed by atoms with Crippen LogP contribution in [0.15, 0.2) is 48.5 Å². The Hall–Kier alpha value is -3.36. The normalized spacial score (nSPS) is 10.8. The Kier molecular flexibility index (Phi) is 5.61. The molecule has 0 aliphatic rings. The Balaban J connectivity index is 1.99. The van der Waals surface area contributed by atoms with Gasteiger partial charge in [0, 0.05) is 24.0 Å². The molecule has 0 aromatic heterocycles. The lowest BCUT2D eigenvalue weighted by Crippen LogP contribution is -2.29. The molecular formula is C17H14F3N3O3. The fourth-order valence-electron chi connectivity index (χ4n) is 1.99. The van der Waals surface area contributed by atoms with Crippen LogP contribution in [0.2, 0.25) is 0 Å². The maximum Gasteiger partial charge on any atom is 0.416 e. The van der Waals surface area contributed by atoms with Gasteiger partial charge in [-0.15, -0.1) is 0 Å². The molecule has 2 aromatic carbocycles. The predicted molar refractivity (Wildman–Crippen MR) is 89.4 cm³/mol. The largest absolute Gasteiger partial charge is 0.416 e. The molecule has 0 radical (unpaired) electrons. The maximum absolute atomic E-state index is 12.6. The first-order valence-corrected chi connectivity index (χ1v) is 7.32. The molecule has 9 heteroatoms. The second-order valence-corrected chi connectivity index (χ2v) is 5.25. The van der Waals surface area contributed by atoms with E-state index in [1.165, 1.54) is 37.3 Å². The molecule has 26 heavy (non-hydrogen) atoms. The van der Waals surface area contributed by atoms with Gasteiger partial charge in [-0.2, -0.15) is 13.2 Å². The fraction of sp³-hybridized carbons (Fsp3) is 0.118. The first kappa shape index (κ1) is 19.0. The van der Waals surface area contributed by atoms with Crippen LogP contribution in [-0.2, 0) is 20.6 Å². The maximum atomic E-state index is 12.6. The molecule has 136 valence electrons. The van der Waals surface area contributed by atoms with Crippen molar-refractivity contribution in [2.24, 2.45) is 0 Å². The monoisotopic (exact) mass is 365 g/mol. The Morgan fingerprint density at radius 2 is 1.27 bits per heavy atom. The zero-order valence-electron chi connectivity index (χ0n) is 13.5. The van der Waals surface area contributed by atoms with Gasteiger partial charge in [-0.05, 0) is 42.5 Å². The van der Waals surface area contributed by atoms with Gasteiger partial charge in [0.05, 0.1) is 5.56 Å². The highest BCUT2D eigenvalue weighted by atomic mass is 19.4. The number of carbonyl (C=O) groups is 3. The summed E-state index contributed by atoms with van der Waals surface area (Å²) in [7, 11) is 0. The molecule has 0 aliphatic heterocycles. The minimum absolute atomic E-state index is 0.152. The summed E-state index contributed by atoms with van der Waals surface area (Å²) in [4.78, 5) is 34.6. The van der Waals surface area contributed by atoms with E-state index < -0.39 is 23.6 Å². The van der Waals surface area contributed by atoms with Gasteiger partial charge in [-0.1, -0.05) is 6.07 Å².